The van der Waals surface area contributed by atoms with Crippen LogP contribution in [0.4, 0.5) is 0 Å². The fourth-order valence-corrected chi connectivity index (χ4v) is 4.65. The molecule has 2 fully saturated rings. The Morgan fingerprint density at radius 2 is 1.74 bits per heavy atom. The second-order valence-electron chi connectivity index (χ2n) is 9.89. The number of fused-ring (bicyclic) bond motifs is 1. The number of carbonyl (C=O) groups is 1. The van der Waals surface area contributed by atoms with E-state index in [0.717, 1.165) is 19.3 Å². The lowest BCUT2D eigenvalue weighted by molar-refractivity contribution is -0.156. The molecule has 134 valence electrons. The van der Waals surface area contributed by atoms with Gasteiger partial charge in [-0.1, -0.05) is 20.8 Å². The molecule has 2 aliphatic carbocycles. The van der Waals surface area contributed by atoms with Crippen LogP contribution in [-0.2, 0) is 9.53 Å². The molecule has 2 rings (SSSR count). The van der Waals surface area contributed by atoms with Crippen LogP contribution in [0.1, 0.15) is 67.2 Å². The van der Waals surface area contributed by atoms with Crippen molar-refractivity contribution in [1.29, 1.82) is 0 Å². The highest BCUT2D eigenvalue weighted by molar-refractivity contribution is 5.75. The highest BCUT2D eigenvalue weighted by atomic mass is 16.5. The maximum absolute atomic E-state index is 11.9. The zero-order chi connectivity index (χ0) is 17.6. The van der Waals surface area contributed by atoms with Crippen molar-refractivity contribution in [3.05, 3.63) is 0 Å². The maximum Gasteiger partial charge on any atom is 0.311 e. The Morgan fingerprint density at radius 1 is 1.13 bits per heavy atom. The topological polar surface area (TPSA) is 66.8 Å². The summed E-state index contributed by atoms with van der Waals surface area (Å²) in [6.07, 6.45) is 2.05. The quantitative estimate of drug-likeness (QED) is 0.782. The lowest BCUT2D eigenvalue weighted by Crippen LogP contribution is -2.50. The van der Waals surface area contributed by atoms with Crippen molar-refractivity contribution >= 4 is 5.97 Å². The van der Waals surface area contributed by atoms with E-state index < -0.39 is 17.6 Å². The molecule has 4 nitrogen and oxygen atoms in total. The monoisotopic (exact) mass is 326 g/mol. The van der Waals surface area contributed by atoms with Gasteiger partial charge in [-0.3, -0.25) is 4.79 Å². The molecule has 2 saturated carbocycles. The second-order valence-corrected chi connectivity index (χ2v) is 9.89. The number of rotatable bonds is 3. The van der Waals surface area contributed by atoms with Crippen molar-refractivity contribution < 1.29 is 19.7 Å². The Kier molecular flexibility index (Phi) is 4.91. The van der Waals surface area contributed by atoms with Crippen LogP contribution >= 0.6 is 0 Å². The highest BCUT2D eigenvalue weighted by Gasteiger charge is 2.55. The number of carbonyl (C=O) groups excluding carboxylic acids is 1. The molecular weight excluding hydrogens is 292 g/mol. The smallest absolute Gasteiger partial charge is 0.311 e. The van der Waals surface area contributed by atoms with Crippen molar-refractivity contribution in [3.63, 3.8) is 0 Å². The van der Waals surface area contributed by atoms with Crippen molar-refractivity contribution in [2.75, 3.05) is 6.61 Å². The molecule has 0 amide bonds. The second kappa shape index (κ2) is 6.03. The normalized spacial score (nSPS) is 39.8. The number of esters is 1. The van der Waals surface area contributed by atoms with E-state index in [-0.39, 0.29) is 22.7 Å². The molecule has 0 radical (unpaired) electrons. The van der Waals surface area contributed by atoms with E-state index in [9.17, 15) is 15.0 Å². The molecule has 0 aromatic heterocycles. The predicted octanol–water partition coefficient (Wildman–Crippen LogP) is 3.15. The van der Waals surface area contributed by atoms with Crippen molar-refractivity contribution in [3.8, 4) is 0 Å². The standard InChI is InChI=1S/C19H34O4/c1-17(2,3)16(22)23-8-7-19(6)11-14(20)15(21)12-9-18(4,5)10-13(12)19/h12-15,20-21H,7-11H2,1-6H3/t12-,13+,14+,15+,19+/m1/s1. The van der Waals surface area contributed by atoms with E-state index in [2.05, 4.69) is 20.8 Å². The molecule has 23 heavy (non-hydrogen) atoms. The summed E-state index contributed by atoms with van der Waals surface area (Å²) >= 11 is 0. The summed E-state index contributed by atoms with van der Waals surface area (Å²) in [5, 5.41) is 20.7. The largest absolute Gasteiger partial charge is 0.465 e. The molecular formula is C19H34O4. The van der Waals surface area contributed by atoms with Gasteiger partial charge < -0.3 is 14.9 Å². The minimum atomic E-state index is -0.673. The first kappa shape index (κ1) is 18.7. The third-order valence-corrected chi connectivity index (χ3v) is 6.00. The number of aliphatic hydroxyl groups is 2. The number of hydrogen-bond acceptors (Lipinski definition) is 4. The lowest BCUT2D eigenvalue weighted by Gasteiger charge is -2.48. The summed E-state index contributed by atoms with van der Waals surface area (Å²) in [5.41, 5.74) is -0.375. The fourth-order valence-electron chi connectivity index (χ4n) is 4.65. The molecule has 0 unspecified atom stereocenters. The summed E-state index contributed by atoms with van der Waals surface area (Å²) < 4.78 is 5.45. The van der Waals surface area contributed by atoms with Crippen LogP contribution in [0.2, 0.25) is 0 Å². The molecule has 0 aromatic rings. The molecule has 0 spiro atoms. The van der Waals surface area contributed by atoms with Crippen LogP contribution in [0.5, 0.6) is 0 Å². The van der Waals surface area contributed by atoms with Crippen LogP contribution < -0.4 is 0 Å². The molecule has 2 N–H and O–H groups in total. The Labute approximate surface area is 140 Å². The maximum atomic E-state index is 11.9. The van der Waals surface area contributed by atoms with E-state index in [0.29, 0.717) is 18.9 Å². The summed E-state index contributed by atoms with van der Waals surface area (Å²) in [6.45, 7) is 12.6. The molecule has 0 saturated heterocycles. The van der Waals surface area contributed by atoms with Gasteiger partial charge in [-0.15, -0.1) is 0 Å². The minimum absolute atomic E-state index is 0.0880. The lowest BCUT2D eigenvalue weighted by atomic mass is 9.60. The molecule has 2 aliphatic rings. The Bertz CT molecular complexity index is 451. The van der Waals surface area contributed by atoms with Crippen molar-refractivity contribution in [2.24, 2.45) is 28.1 Å². The molecule has 4 heteroatoms. The first-order valence-electron chi connectivity index (χ1n) is 8.89. The van der Waals surface area contributed by atoms with E-state index in [1.54, 1.807) is 0 Å². The first-order chi connectivity index (χ1) is 10.4. The van der Waals surface area contributed by atoms with Crippen LogP contribution in [-0.4, -0.2) is 35.0 Å². The van der Waals surface area contributed by atoms with Crippen molar-refractivity contribution in [1.82, 2.24) is 0 Å². The van der Waals surface area contributed by atoms with Gasteiger partial charge in [0, 0.05) is 0 Å². The van der Waals surface area contributed by atoms with Crippen molar-refractivity contribution in [2.45, 2.75) is 79.4 Å². The van der Waals surface area contributed by atoms with Gasteiger partial charge in [-0.05, 0) is 69.1 Å². The Morgan fingerprint density at radius 3 is 2.30 bits per heavy atom. The highest BCUT2D eigenvalue weighted by Crippen LogP contribution is 2.59. The number of aliphatic hydroxyl groups excluding tert-OH is 2. The number of hydrogen-bond donors (Lipinski definition) is 2. The average Bonchev–Trinajstić information content (AvgIpc) is 2.72. The van der Waals surface area contributed by atoms with Gasteiger partial charge in [0.2, 0.25) is 0 Å². The van der Waals surface area contributed by atoms with Gasteiger partial charge in [0.25, 0.3) is 0 Å². The summed E-state index contributed by atoms with van der Waals surface area (Å²) in [5.74, 6) is 0.349. The van der Waals surface area contributed by atoms with E-state index in [1.165, 1.54) is 0 Å². The summed E-state index contributed by atoms with van der Waals surface area (Å²) in [4.78, 5) is 11.9. The van der Waals surface area contributed by atoms with E-state index in [4.69, 9.17) is 4.74 Å². The zero-order valence-corrected chi connectivity index (χ0v) is 15.6. The van der Waals surface area contributed by atoms with Gasteiger partial charge in [0.1, 0.15) is 0 Å². The van der Waals surface area contributed by atoms with Gasteiger partial charge in [0.15, 0.2) is 0 Å². The molecule has 0 aliphatic heterocycles. The summed E-state index contributed by atoms with van der Waals surface area (Å²) in [6, 6.07) is 0. The Hall–Kier alpha value is -0.610. The minimum Gasteiger partial charge on any atom is -0.465 e. The predicted molar refractivity (Wildman–Crippen MR) is 89.8 cm³/mol. The van der Waals surface area contributed by atoms with Gasteiger partial charge in [0.05, 0.1) is 24.2 Å². The SMILES string of the molecule is CC1(C)C[C@H]2[C@H](O)[C@@H](O)C[C@](C)(CCOC(=O)C(C)(C)C)[C@H]2C1. The Balaban J connectivity index is 2.05. The molecule has 0 heterocycles. The average molecular weight is 326 g/mol. The fraction of sp³-hybridized carbons (Fsp3) is 0.947. The van der Waals surface area contributed by atoms with E-state index >= 15 is 0 Å². The first-order valence-corrected chi connectivity index (χ1v) is 8.89. The van der Waals surface area contributed by atoms with Gasteiger partial charge in [-0.25, -0.2) is 0 Å². The summed E-state index contributed by atoms with van der Waals surface area (Å²) in [7, 11) is 0. The zero-order valence-electron chi connectivity index (χ0n) is 15.6. The molecule has 0 bridgehead atoms. The molecule has 0 aromatic carbocycles. The van der Waals surface area contributed by atoms with Crippen LogP contribution in [0.3, 0.4) is 0 Å². The third kappa shape index (κ3) is 3.90. The number of ether oxygens (including phenoxy) is 1. The van der Waals surface area contributed by atoms with Gasteiger partial charge >= 0.3 is 5.97 Å². The van der Waals surface area contributed by atoms with Crippen LogP contribution in [0, 0.1) is 28.1 Å². The van der Waals surface area contributed by atoms with Crippen LogP contribution in [0.25, 0.3) is 0 Å². The van der Waals surface area contributed by atoms with E-state index in [1.807, 2.05) is 20.8 Å². The molecule has 5 atom stereocenters. The van der Waals surface area contributed by atoms with Gasteiger partial charge in [-0.2, -0.15) is 0 Å². The van der Waals surface area contributed by atoms with Crippen LogP contribution in [0.15, 0.2) is 0 Å². The third-order valence-electron chi connectivity index (χ3n) is 6.00.